The van der Waals surface area contributed by atoms with E-state index in [4.69, 9.17) is 0 Å². The molecule has 0 aliphatic carbocycles. The lowest BCUT2D eigenvalue weighted by Crippen LogP contribution is -2.36. The minimum Gasteiger partial charge on any atom is -0.352 e. The molecule has 0 atom stereocenters. The Balaban J connectivity index is 1.44. The Bertz CT molecular complexity index is 882. The molecule has 0 aromatic heterocycles. The largest absolute Gasteiger partial charge is 0.352 e. The molecule has 33 heavy (non-hydrogen) atoms. The molecule has 0 saturated carbocycles. The van der Waals surface area contributed by atoms with Crippen LogP contribution in [0.3, 0.4) is 0 Å². The fourth-order valence-electron chi connectivity index (χ4n) is 4.19. The maximum absolute atomic E-state index is 12.5. The number of amides is 1. The number of carbonyl (C=O) groups excluding carboxylic acids is 1. The number of rotatable bonds is 9. The Hall–Kier alpha value is -2.86. The molecule has 0 spiro atoms. The number of likely N-dealkylation sites (tertiary alicyclic amines) is 1. The van der Waals surface area contributed by atoms with Crippen LogP contribution in [0, 0.1) is 0 Å². The zero-order chi connectivity index (χ0) is 23.5. The summed E-state index contributed by atoms with van der Waals surface area (Å²) < 4.78 is 0. The molecule has 1 amide bonds. The zero-order valence-electron chi connectivity index (χ0n) is 20.4. The molecule has 0 bridgehead atoms. The summed E-state index contributed by atoms with van der Waals surface area (Å²) in [4.78, 5) is 21.2. The lowest BCUT2D eigenvalue weighted by molar-refractivity contribution is 0.0773. The SMILES string of the molecule is CCN(CC)C(=O)c1ccc(CNC(=NC)NCc2ccc(CN3CCCCC3)cc2)cc1. The van der Waals surface area contributed by atoms with Crippen LogP contribution >= 0.6 is 0 Å². The molecule has 0 unspecified atom stereocenters. The standard InChI is InChI=1S/C27H39N5O/c1-4-32(5-2)26(33)25-15-13-23(14-16-25)20-30-27(28-3)29-19-22-9-11-24(12-10-22)21-31-17-7-6-8-18-31/h9-16H,4-8,17-21H2,1-3H3,(H2,28,29,30). The molecule has 0 radical (unpaired) electrons. The lowest BCUT2D eigenvalue weighted by atomic mass is 10.1. The summed E-state index contributed by atoms with van der Waals surface area (Å²) in [5.74, 6) is 0.842. The van der Waals surface area contributed by atoms with E-state index in [-0.39, 0.29) is 5.91 Å². The number of aliphatic imine (C=N–C) groups is 1. The van der Waals surface area contributed by atoms with Crippen LogP contribution in [0.4, 0.5) is 0 Å². The van der Waals surface area contributed by atoms with E-state index in [9.17, 15) is 4.79 Å². The summed E-state index contributed by atoms with van der Waals surface area (Å²) in [6.07, 6.45) is 4.03. The number of nitrogens with one attached hydrogen (secondary N) is 2. The monoisotopic (exact) mass is 449 g/mol. The van der Waals surface area contributed by atoms with Gasteiger partial charge in [0.1, 0.15) is 0 Å². The van der Waals surface area contributed by atoms with Crippen molar-refractivity contribution in [1.29, 1.82) is 0 Å². The first-order valence-corrected chi connectivity index (χ1v) is 12.3. The van der Waals surface area contributed by atoms with E-state index in [1.807, 2.05) is 43.0 Å². The van der Waals surface area contributed by atoms with Gasteiger partial charge in [0.2, 0.25) is 0 Å². The highest BCUT2D eigenvalue weighted by molar-refractivity contribution is 5.94. The minimum atomic E-state index is 0.0823. The highest BCUT2D eigenvalue weighted by atomic mass is 16.2. The number of benzene rings is 2. The Morgan fingerprint density at radius 1 is 0.848 bits per heavy atom. The molecular formula is C27H39N5O. The minimum absolute atomic E-state index is 0.0823. The first-order chi connectivity index (χ1) is 16.1. The van der Waals surface area contributed by atoms with Crippen LogP contribution in [0.1, 0.15) is 60.2 Å². The molecule has 3 rings (SSSR count). The number of guanidine groups is 1. The molecule has 6 nitrogen and oxygen atoms in total. The van der Waals surface area contributed by atoms with Gasteiger partial charge in [-0.3, -0.25) is 14.7 Å². The average Bonchev–Trinajstić information content (AvgIpc) is 2.86. The number of hydrogen-bond donors (Lipinski definition) is 2. The van der Waals surface area contributed by atoms with Crippen molar-refractivity contribution >= 4 is 11.9 Å². The predicted octanol–water partition coefficient (Wildman–Crippen LogP) is 4.02. The van der Waals surface area contributed by atoms with Crippen molar-refractivity contribution in [3.05, 3.63) is 70.8 Å². The maximum Gasteiger partial charge on any atom is 0.253 e. The first-order valence-electron chi connectivity index (χ1n) is 12.3. The molecule has 1 aliphatic rings. The third-order valence-corrected chi connectivity index (χ3v) is 6.27. The summed E-state index contributed by atoms with van der Waals surface area (Å²) in [7, 11) is 1.78. The van der Waals surface area contributed by atoms with Crippen LogP contribution < -0.4 is 10.6 Å². The van der Waals surface area contributed by atoms with Gasteiger partial charge in [0.15, 0.2) is 5.96 Å². The average molecular weight is 450 g/mol. The van der Waals surface area contributed by atoms with Crippen molar-refractivity contribution in [2.75, 3.05) is 33.2 Å². The van der Waals surface area contributed by atoms with Crippen molar-refractivity contribution < 1.29 is 4.79 Å². The molecule has 6 heteroatoms. The fraction of sp³-hybridized carbons (Fsp3) is 0.481. The van der Waals surface area contributed by atoms with E-state index in [0.717, 1.165) is 43.3 Å². The normalized spacial score (nSPS) is 14.7. The number of nitrogens with zero attached hydrogens (tertiary/aromatic N) is 3. The van der Waals surface area contributed by atoms with Crippen molar-refractivity contribution in [2.45, 2.75) is 52.7 Å². The Morgan fingerprint density at radius 3 is 1.88 bits per heavy atom. The number of piperidine rings is 1. The van der Waals surface area contributed by atoms with Crippen LogP contribution in [0.5, 0.6) is 0 Å². The zero-order valence-corrected chi connectivity index (χ0v) is 20.4. The van der Waals surface area contributed by atoms with Gasteiger partial charge < -0.3 is 15.5 Å². The molecule has 1 heterocycles. The van der Waals surface area contributed by atoms with Gasteiger partial charge >= 0.3 is 0 Å². The number of carbonyl (C=O) groups is 1. The summed E-state index contributed by atoms with van der Waals surface area (Å²) in [6, 6.07) is 16.7. The van der Waals surface area contributed by atoms with Crippen molar-refractivity contribution in [2.24, 2.45) is 4.99 Å². The van der Waals surface area contributed by atoms with Gasteiger partial charge in [0.05, 0.1) is 0 Å². The second-order valence-electron chi connectivity index (χ2n) is 8.61. The summed E-state index contributed by atoms with van der Waals surface area (Å²) in [6.45, 7) is 10.3. The van der Waals surface area contributed by atoms with Crippen molar-refractivity contribution in [1.82, 2.24) is 20.4 Å². The van der Waals surface area contributed by atoms with Crippen molar-refractivity contribution in [3.63, 3.8) is 0 Å². The van der Waals surface area contributed by atoms with Crippen LogP contribution in [-0.2, 0) is 19.6 Å². The van der Waals surface area contributed by atoms with Crippen molar-refractivity contribution in [3.8, 4) is 0 Å². The van der Waals surface area contributed by atoms with E-state index in [1.165, 1.54) is 43.5 Å². The van der Waals surface area contributed by atoms with Crippen LogP contribution in [0.25, 0.3) is 0 Å². The number of hydrogen-bond acceptors (Lipinski definition) is 3. The Labute approximate surface area is 199 Å². The third-order valence-electron chi connectivity index (χ3n) is 6.27. The van der Waals surface area contributed by atoms with Crippen LogP contribution in [0.15, 0.2) is 53.5 Å². The smallest absolute Gasteiger partial charge is 0.253 e. The van der Waals surface area contributed by atoms with E-state index in [2.05, 4.69) is 44.8 Å². The molecule has 2 aromatic carbocycles. The molecule has 1 aliphatic heterocycles. The molecule has 1 fully saturated rings. The Morgan fingerprint density at radius 2 is 1.36 bits per heavy atom. The van der Waals surface area contributed by atoms with Gasteiger partial charge in [-0.25, -0.2) is 0 Å². The quantitative estimate of drug-likeness (QED) is 0.448. The van der Waals surface area contributed by atoms with Gasteiger partial charge in [0, 0.05) is 45.3 Å². The topological polar surface area (TPSA) is 60.0 Å². The van der Waals surface area contributed by atoms with E-state index < -0.39 is 0 Å². The van der Waals surface area contributed by atoms with Gasteiger partial charge in [-0.1, -0.05) is 42.8 Å². The second kappa shape index (κ2) is 13.0. The molecular weight excluding hydrogens is 410 g/mol. The molecule has 2 aromatic rings. The summed E-state index contributed by atoms with van der Waals surface area (Å²) >= 11 is 0. The predicted molar refractivity (Wildman–Crippen MR) is 136 cm³/mol. The first kappa shape index (κ1) is 24.8. The highest BCUT2D eigenvalue weighted by Gasteiger charge is 2.12. The van der Waals surface area contributed by atoms with E-state index in [0.29, 0.717) is 6.54 Å². The van der Waals surface area contributed by atoms with Gasteiger partial charge in [0.25, 0.3) is 5.91 Å². The summed E-state index contributed by atoms with van der Waals surface area (Å²) in [5.41, 5.74) is 4.45. The van der Waals surface area contributed by atoms with E-state index in [1.54, 1.807) is 7.05 Å². The third kappa shape index (κ3) is 7.60. The van der Waals surface area contributed by atoms with Crippen LogP contribution in [-0.4, -0.2) is 54.9 Å². The van der Waals surface area contributed by atoms with Crippen LogP contribution in [0.2, 0.25) is 0 Å². The highest BCUT2D eigenvalue weighted by Crippen LogP contribution is 2.14. The van der Waals surface area contributed by atoms with E-state index >= 15 is 0 Å². The molecule has 2 N–H and O–H groups in total. The van der Waals surface area contributed by atoms with Gasteiger partial charge in [-0.05, 0) is 68.6 Å². The van der Waals surface area contributed by atoms with Gasteiger partial charge in [-0.15, -0.1) is 0 Å². The fourth-order valence-corrected chi connectivity index (χ4v) is 4.19. The Kier molecular flexibility index (Phi) is 9.76. The van der Waals surface area contributed by atoms with Gasteiger partial charge in [-0.2, -0.15) is 0 Å². The summed E-state index contributed by atoms with van der Waals surface area (Å²) in [5, 5.41) is 6.74. The second-order valence-corrected chi connectivity index (χ2v) is 8.61. The maximum atomic E-state index is 12.5. The molecule has 178 valence electrons. The lowest BCUT2D eigenvalue weighted by Gasteiger charge is -2.26. The molecule has 1 saturated heterocycles.